The van der Waals surface area contributed by atoms with Crippen molar-refractivity contribution in [2.75, 3.05) is 21.2 Å². The molecule has 0 aliphatic carbocycles. The summed E-state index contributed by atoms with van der Waals surface area (Å²) in [6.07, 6.45) is 1.09. The van der Waals surface area contributed by atoms with Gasteiger partial charge >= 0.3 is 0 Å². The minimum absolute atomic E-state index is 0.436. The molecule has 0 fully saturated rings. The van der Waals surface area contributed by atoms with Gasteiger partial charge in [-0.05, 0) is 26.6 Å². The molecule has 0 aliphatic heterocycles. The highest BCUT2D eigenvalue weighted by atomic mass is 16.5. The van der Waals surface area contributed by atoms with Crippen LogP contribution in [-0.4, -0.2) is 26.1 Å². The second-order valence-corrected chi connectivity index (χ2v) is 3.63. The molecule has 0 aliphatic rings. The minimum Gasteiger partial charge on any atom is -0.496 e. The van der Waals surface area contributed by atoms with E-state index >= 15 is 0 Å². The lowest BCUT2D eigenvalue weighted by Crippen LogP contribution is -2.19. The molecule has 1 atom stereocenters. The van der Waals surface area contributed by atoms with E-state index in [0.717, 1.165) is 12.2 Å². The quantitative estimate of drug-likeness (QED) is 0.729. The number of benzene rings is 1. The van der Waals surface area contributed by atoms with Crippen LogP contribution in [0.1, 0.15) is 24.9 Å². The number of ether oxygens (including phenoxy) is 1. The van der Waals surface area contributed by atoms with Gasteiger partial charge in [0, 0.05) is 11.6 Å². The SMILES string of the molecule is CCC(c1ccccc1OC)N(C)C. The Kier molecular flexibility index (Phi) is 3.96. The average molecular weight is 193 g/mol. The zero-order valence-electron chi connectivity index (χ0n) is 9.45. The Balaban J connectivity index is 3.02. The molecule has 0 heterocycles. The van der Waals surface area contributed by atoms with E-state index in [2.05, 4.69) is 38.1 Å². The minimum atomic E-state index is 0.436. The maximum Gasteiger partial charge on any atom is 0.123 e. The average Bonchev–Trinajstić information content (AvgIpc) is 2.19. The van der Waals surface area contributed by atoms with Crippen molar-refractivity contribution in [2.45, 2.75) is 19.4 Å². The molecule has 2 heteroatoms. The fourth-order valence-corrected chi connectivity index (χ4v) is 1.80. The van der Waals surface area contributed by atoms with E-state index in [1.54, 1.807) is 7.11 Å². The summed E-state index contributed by atoms with van der Waals surface area (Å²) < 4.78 is 5.35. The topological polar surface area (TPSA) is 12.5 Å². The van der Waals surface area contributed by atoms with Crippen LogP contribution < -0.4 is 4.74 Å². The van der Waals surface area contributed by atoms with E-state index in [-0.39, 0.29) is 0 Å². The second-order valence-electron chi connectivity index (χ2n) is 3.63. The molecule has 1 rings (SSSR count). The number of methoxy groups -OCH3 is 1. The van der Waals surface area contributed by atoms with Crippen molar-refractivity contribution in [3.8, 4) is 5.75 Å². The monoisotopic (exact) mass is 193 g/mol. The molecule has 2 nitrogen and oxygen atoms in total. The van der Waals surface area contributed by atoms with Gasteiger partial charge in [-0.1, -0.05) is 25.1 Å². The molecule has 0 bridgehead atoms. The van der Waals surface area contributed by atoms with E-state index in [1.807, 2.05) is 12.1 Å². The molecule has 78 valence electrons. The summed E-state index contributed by atoms with van der Waals surface area (Å²) in [5.74, 6) is 0.980. The predicted octanol–water partition coefficient (Wildman–Crippen LogP) is 2.71. The zero-order chi connectivity index (χ0) is 10.6. The lowest BCUT2D eigenvalue weighted by molar-refractivity contribution is 0.282. The molecule has 14 heavy (non-hydrogen) atoms. The summed E-state index contributed by atoms with van der Waals surface area (Å²) in [6.45, 7) is 2.19. The Morgan fingerprint density at radius 3 is 2.43 bits per heavy atom. The molecule has 1 unspecified atom stereocenters. The Morgan fingerprint density at radius 1 is 1.29 bits per heavy atom. The fourth-order valence-electron chi connectivity index (χ4n) is 1.80. The third kappa shape index (κ3) is 2.26. The number of hydrogen-bond acceptors (Lipinski definition) is 2. The first-order chi connectivity index (χ1) is 6.70. The Morgan fingerprint density at radius 2 is 1.93 bits per heavy atom. The molecule has 0 saturated heterocycles. The molecule has 0 aromatic heterocycles. The standard InChI is InChI=1S/C12H19NO/c1-5-11(13(2)3)10-8-6-7-9-12(10)14-4/h6-9,11H,5H2,1-4H3. The van der Waals surface area contributed by atoms with Gasteiger partial charge in [0.15, 0.2) is 0 Å². The van der Waals surface area contributed by atoms with E-state index in [4.69, 9.17) is 4.74 Å². The normalized spacial score (nSPS) is 12.9. The Bertz CT molecular complexity index is 283. The van der Waals surface area contributed by atoms with Crippen LogP contribution in [0.2, 0.25) is 0 Å². The van der Waals surface area contributed by atoms with Crippen molar-refractivity contribution in [3.63, 3.8) is 0 Å². The van der Waals surface area contributed by atoms with Gasteiger partial charge in [0.2, 0.25) is 0 Å². The van der Waals surface area contributed by atoms with Crippen LogP contribution >= 0.6 is 0 Å². The third-order valence-electron chi connectivity index (χ3n) is 2.51. The van der Waals surface area contributed by atoms with E-state index in [1.165, 1.54) is 5.56 Å². The summed E-state index contributed by atoms with van der Waals surface area (Å²) in [5.41, 5.74) is 1.27. The van der Waals surface area contributed by atoms with Crippen molar-refractivity contribution in [3.05, 3.63) is 29.8 Å². The number of rotatable bonds is 4. The van der Waals surface area contributed by atoms with Gasteiger partial charge in [-0.2, -0.15) is 0 Å². The highest BCUT2D eigenvalue weighted by Gasteiger charge is 2.15. The first kappa shape index (κ1) is 11.1. The van der Waals surface area contributed by atoms with Crippen molar-refractivity contribution in [1.29, 1.82) is 0 Å². The highest BCUT2D eigenvalue weighted by Crippen LogP contribution is 2.29. The largest absolute Gasteiger partial charge is 0.496 e. The van der Waals surface area contributed by atoms with Crippen molar-refractivity contribution >= 4 is 0 Å². The highest BCUT2D eigenvalue weighted by molar-refractivity contribution is 5.35. The molecular formula is C12H19NO. The van der Waals surface area contributed by atoms with Gasteiger partial charge in [-0.15, -0.1) is 0 Å². The maximum absolute atomic E-state index is 5.35. The maximum atomic E-state index is 5.35. The van der Waals surface area contributed by atoms with Crippen LogP contribution in [-0.2, 0) is 0 Å². The van der Waals surface area contributed by atoms with Crippen LogP contribution in [0.25, 0.3) is 0 Å². The van der Waals surface area contributed by atoms with Crippen molar-refractivity contribution < 1.29 is 4.74 Å². The van der Waals surface area contributed by atoms with E-state index < -0.39 is 0 Å². The smallest absolute Gasteiger partial charge is 0.123 e. The fraction of sp³-hybridized carbons (Fsp3) is 0.500. The number of hydrogen-bond donors (Lipinski definition) is 0. The first-order valence-electron chi connectivity index (χ1n) is 5.00. The van der Waals surface area contributed by atoms with Crippen molar-refractivity contribution in [2.24, 2.45) is 0 Å². The summed E-state index contributed by atoms with van der Waals surface area (Å²) in [5, 5.41) is 0. The summed E-state index contributed by atoms with van der Waals surface area (Å²) in [4.78, 5) is 2.22. The molecule has 0 spiro atoms. The predicted molar refractivity (Wildman–Crippen MR) is 59.7 cm³/mol. The Hall–Kier alpha value is -1.02. The molecular weight excluding hydrogens is 174 g/mol. The van der Waals surface area contributed by atoms with Gasteiger partial charge in [0.25, 0.3) is 0 Å². The second kappa shape index (κ2) is 5.01. The van der Waals surface area contributed by atoms with Gasteiger partial charge in [0.05, 0.1) is 7.11 Å². The van der Waals surface area contributed by atoms with Crippen LogP contribution in [0.15, 0.2) is 24.3 Å². The molecule has 1 aromatic rings. The van der Waals surface area contributed by atoms with Crippen LogP contribution in [0.4, 0.5) is 0 Å². The zero-order valence-corrected chi connectivity index (χ0v) is 9.45. The van der Waals surface area contributed by atoms with E-state index in [0.29, 0.717) is 6.04 Å². The lowest BCUT2D eigenvalue weighted by Gasteiger charge is -2.24. The van der Waals surface area contributed by atoms with Gasteiger partial charge in [-0.3, -0.25) is 0 Å². The lowest BCUT2D eigenvalue weighted by atomic mass is 10.0. The number of para-hydroxylation sites is 1. The third-order valence-corrected chi connectivity index (χ3v) is 2.51. The summed E-state index contributed by atoms with van der Waals surface area (Å²) in [7, 11) is 5.92. The van der Waals surface area contributed by atoms with Crippen LogP contribution in [0.5, 0.6) is 5.75 Å². The summed E-state index contributed by atoms with van der Waals surface area (Å²) in [6, 6.07) is 8.65. The molecule has 0 saturated carbocycles. The number of nitrogens with zero attached hydrogens (tertiary/aromatic N) is 1. The Labute approximate surface area is 86.5 Å². The molecule has 0 amide bonds. The van der Waals surface area contributed by atoms with Crippen LogP contribution in [0, 0.1) is 0 Å². The van der Waals surface area contributed by atoms with Gasteiger partial charge in [0.1, 0.15) is 5.75 Å². The summed E-state index contributed by atoms with van der Waals surface area (Å²) >= 11 is 0. The molecule has 0 N–H and O–H groups in total. The molecule has 0 radical (unpaired) electrons. The molecule has 1 aromatic carbocycles. The van der Waals surface area contributed by atoms with Crippen molar-refractivity contribution in [1.82, 2.24) is 4.90 Å². The van der Waals surface area contributed by atoms with Crippen LogP contribution in [0.3, 0.4) is 0 Å². The van der Waals surface area contributed by atoms with E-state index in [9.17, 15) is 0 Å². The van der Waals surface area contributed by atoms with Gasteiger partial charge < -0.3 is 9.64 Å². The van der Waals surface area contributed by atoms with Gasteiger partial charge in [-0.25, -0.2) is 0 Å². The first-order valence-corrected chi connectivity index (χ1v) is 5.00.